The Labute approximate surface area is 66.2 Å². The minimum atomic E-state index is 0.167. The SMILES string of the molecule is CNCC(N)Cc1cnc[nH]1. The fraction of sp³-hybridized carbons (Fsp3) is 0.571. The standard InChI is InChI=1S/C7H14N4/c1-9-3-6(8)2-7-4-10-5-11-7/h4-6,9H,2-3,8H2,1H3,(H,10,11). The molecule has 4 N–H and O–H groups in total. The second kappa shape index (κ2) is 4.10. The number of rotatable bonds is 4. The van der Waals surface area contributed by atoms with E-state index in [-0.39, 0.29) is 6.04 Å². The molecule has 1 atom stereocenters. The van der Waals surface area contributed by atoms with E-state index < -0.39 is 0 Å². The molecule has 11 heavy (non-hydrogen) atoms. The molecule has 0 aliphatic carbocycles. The molecule has 62 valence electrons. The summed E-state index contributed by atoms with van der Waals surface area (Å²) >= 11 is 0. The first-order valence-corrected chi connectivity index (χ1v) is 3.70. The largest absolute Gasteiger partial charge is 0.348 e. The second-order valence-corrected chi connectivity index (χ2v) is 2.60. The van der Waals surface area contributed by atoms with E-state index in [1.807, 2.05) is 7.05 Å². The van der Waals surface area contributed by atoms with E-state index in [4.69, 9.17) is 5.73 Å². The Kier molecular flexibility index (Phi) is 3.07. The van der Waals surface area contributed by atoms with Crippen molar-refractivity contribution >= 4 is 0 Å². The predicted molar refractivity (Wildman–Crippen MR) is 44.2 cm³/mol. The maximum absolute atomic E-state index is 5.77. The summed E-state index contributed by atoms with van der Waals surface area (Å²) in [5.41, 5.74) is 6.86. The summed E-state index contributed by atoms with van der Waals surface area (Å²) in [6, 6.07) is 0.167. The molecule has 1 unspecified atom stereocenters. The van der Waals surface area contributed by atoms with E-state index in [1.165, 1.54) is 0 Å². The molecule has 0 bridgehead atoms. The normalized spacial score (nSPS) is 13.3. The number of H-pyrrole nitrogens is 1. The molecule has 0 spiro atoms. The van der Waals surface area contributed by atoms with Crippen LogP contribution in [0.3, 0.4) is 0 Å². The van der Waals surface area contributed by atoms with Crippen LogP contribution in [0.1, 0.15) is 5.69 Å². The van der Waals surface area contributed by atoms with Crippen LogP contribution in [0.25, 0.3) is 0 Å². The molecule has 1 aromatic heterocycles. The van der Waals surface area contributed by atoms with Gasteiger partial charge in [0.15, 0.2) is 0 Å². The van der Waals surface area contributed by atoms with Gasteiger partial charge >= 0.3 is 0 Å². The van der Waals surface area contributed by atoms with Crippen molar-refractivity contribution in [2.75, 3.05) is 13.6 Å². The minimum Gasteiger partial charge on any atom is -0.348 e. The zero-order valence-corrected chi connectivity index (χ0v) is 6.67. The first-order chi connectivity index (χ1) is 5.33. The lowest BCUT2D eigenvalue weighted by atomic mass is 10.2. The molecule has 0 radical (unpaired) electrons. The fourth-order valence-electron chi connectivity index (χ4n) is 1.01. The summed E-state index contributed by atoms with van der Waals surface area (Å²) in [4.78, 5) is 6.91. The van der Waals surface area contributed by atoms with Crippen LogP contribution in [0, 0.1) is 0 Å². The van der Waals surface area contributed by atoms with E-state index in [2.05, 4.69) is 15.3 Å². The number of hydrogen-bond acceptors (Lipinski definition) is 3. The molecule has 4 heteroatoms. The van der Waals surface area contributed by atoms with Crippen LogP contribution in [0.2, 0.25) is 0 Å². The Balaban J connectivity index is 2.31. The summed E-state index contributed by atoms with van der Waals surface area (Å²) in [5, 5.41) is 3.02. The third kappa shape index (κ3) is 2.69. The molecular weight excluding hydrogens is 140 g/mol. The molecule has 1 heterocycles. The van der Waals surface area contributed by atoms with Gasteiger partial charge in [-0.3, -0.25) is 0 Å². The van der Waals surface area contributed by atoms with Crippen molar-refractivity contribution in [3.63, 3.8) is 0 Å². The van der Waals surface area contributed by atoms with E-state index in [1.54, 1.807) is 12.5 Å². The lowest BCUT2D eigenvalue weighted by Crippen LogP contribution is -2.33. The van der Waals surface area contributed by atoms with Crippen molar-refractivity contribution in [3.8, 4) is 0 Å². The number of likely N-dealkylation sites (N-methyl/N-ethyl adjacent to an activating group) is 1. The number of nitrogens with one attached hydrogen (secondary N) is 2. The van der Waals surface area contributed by atoms with Crippen molar-refractivity contribution in [2.24, 2.45) is 5.73 Å². The number of aromatic nitrogens is 2. The Hall–Kier alpha value is -0.870. The molecule has 4 nitrogen and oxygen atoms in total. The minimum absolute atomic E-state index is 0.167. The van der Waals surface area contributed by atoms with Crippen molar-refractivity contribution in [3.05, 3.63) is 18.2 Å². The third-order valence-corrected chi connectivity index (χ3v) is 1.50. The Bertz CT molecular complexity index is 182. The molecule has 0 saturated heterocycles. The fourth-order valence-corrected chi connectivity index (χ4v) is 1.01. The average Bonchev–Trinajstić information content (AvgIpc) is 2.40. The average molecular weight is 154 g/mol. The highest BCUT2D eigenvalue weighted by molar-refractivity contribution is 4.97. The van der Waals surface area contributed by atoms with Crippen molar-refractivity contribution in [1.29, 1.82) is 0 Å². The number of aromatic amines is 1. The number of hydrogen-bond donors (Lipinski definition) is 3. The van der Waals surface area contributed by atoms with Crippen molar-refractivity contribution < 1.29 is 0 Å². The molecule has 0 aliphatic heterocycles. The van der Waals surface area contributed by atoms with Gasteiger partial charge in [0.1, 0.15) is 0 Å². The highest BCUT2D eigenvalue weighted by atomic mass is 14.9. The molecule has 1 aromatic rings. The third-order valence-electron chi connectivity index (χ3n) is 1.50. The van der Waals surface area contributed by atoms with Gasteiger partial charge in [-0.1, -0.05) is 0 Å². The van der Waals surface area contributed by atoms with Crippen LogP contribution in [-0.4, -0.2) is 29.6 Å². The zero-order chi connectivity index (χ0) is 8.10. The quantitative estimate of drug-likeness (QED) is 0.547. The second-order valence-electron chi connectivity index (χ2n) is 2.60. The zero-order valence-electron chi connectivity index (χ0n) is 6.67. The van der Waals surface area contributed by atoms with Crippen LogP contribution in [0.4, 0.5) is 0 Å². The molecule has 0 saturated carbocycles. The number of imidazole rings is 1. The van der Waals surface area contributed by atoms with Crippen LogP contribution in [0.5, 0.6) is 0 Å². The van der Waals surface area contributed by atoms with E-state index >= 15 is 0 Å². The van der Waals surface area contributed by atoms with Crippen LogP contribution < -0.4 is 11.1 Å². The lowest BCUT2D eigenvalue weighted by Gasteiger charge is -2.07. The smallest absolute Gasteiger partial charge is 0.0921 e. The van der Waals surface area contributed by atoms with Crippen LogP contribution >= 0.6 is 0 Å². The number of nitrogens with two attached hydrogens (primary N) is 1. The van der Waals surface area contributed by atoms with Gasteiger partial charge in [-0.2, -0.15) is 0 Å². The molecule has 0 fully saturated rings. The van der Waals surface area contributed by atoms with E-state index in [0.717, 1.165) is 18.7 Å². The first-order valence-electron chi connectivity index (χ1n) is 3.70. The lowest BCUT2D eigenvalue weighted by molar-refractivity contribution is 0.610. The predicted octanol–water partition coefficient (Wildman–Crippen LogP) is -0.501. The van der Waals surface area contributed by atoms with Crippen molar-refractivity contribution in [2.45, 2.75) is 12.5 Å². The summed E-state index contributed by atoms with van der Waals surface area (Å²) in [6.45, 7) is 0.832. The maximum atomic E-state index is 5.77. The molecular formula is C7H14N4. The van der Waals surface area contributed by atoms with Gasteiger partial charge in [0, 0.05) is 30.9 Å². The molecule has 0 aliphatic rings. The van der Waals surface area contributed by atoms with Gasteiger partial charge in [-0.15, -0.1) is 0 Å². The number of nitrogens with zero attached hydrogens (tertiary/aromatic N) is 1. The van der Waals surface area contributed by atoms with Gasteiger partial charge in [0.05, 0.1) is 6.33 Å². The Morgan fingerprint density at radius 1 is 1.82 bits per heavy atom. The van der Waals surface area contributed by atoms with Gasteiger partial charge in [0.25, 0.3) is 0 Å². The molecule has 1 rings (SSSR count). The molecule has 0 aromatic carbocycles. The first kappa shape index (κ1) is 8.23. The van der Waals surface area contributed by atoms with E-state index in [0.29, 0.717) is 0 Å². The Morgan fingerprint density at radius 2 is 2.64 bits per heavy atom. The van der Waals surface area contributed by atoms with Crippen LogP contribution in [-0.2, 0) is 6.42 Å². The van der Waals surface area contributed by atoms with Gasteiger partial charge in [0.2, 0.25) is 0 Å². The summed E-state index contributed by atoms with van der Waals surface area (Å²) in [5.74, 6) is 0. The summed E-state index contributed by atoms with van der Waals surface area (Å²) in [7, 11) is 1.90. The maximum Gasteiger partial charge on any atom is 0.0921 e. The van der Waals surface area contributed by atoms with E-state index in [9.17, 15) is 0 Å². The highest BCUT2D eigenvalue weighted by Gasteiger charge is 2.02. The summed E-state index contributed by atoms with van der Waals surface area (Å²) in [6.07, 6.45) is 4.32. The van der Waals surface area contributed by atoms with Gasteiger partial charge < -0.3 is 16.0 Å². The monoisotopic (exact) mass is 154 g/mol. The highest BCUT2D eigenvalue weighted by Crippen LogP contribution is 1.94. The van der Waals surface area contributed by atoms with Crippen LogP contribution in [0.15, 0.2) is 12.5 Å². The van der Waals surface area contributed by atoms with Gasteiger partial charge in [-0.05, 0) is 7.05 Å². The topological polar surface area (TPSA) is 66.7 Å². The summed E-state index contributed by atoms with van der Waals surface area (Å²) < 4.78 is 0. The Morgan fingerprint density at radius 3 is 3.18 bits per heavy atom. The molecule has 0 amide bonds. The van der Waals surface area contributed by atoms with Crippen molar-refractivity contribution in [1.82, 2.24) is 15.3 Å². The van der Waals surface area contributed by atoms with Gasteiger partial charge in [-0.25, -0.2) is 4.98 Å².